The average Bonchev–Trinajstić information content (AvgIpc) is 3.23. The number of hydrogen-bond donors (Lipinski definition) is 1. The van der Waals surface area contributed by atoms with Gasteiger partial charge in [-0.25, -0.2) is 8.42 Å². The largest absolute Gasteiger partial charge is 0.396 e. The molecule has 3 atom stereocenters. The summed E-state index contributed by atoms with van der Waals surface area (Å²) in [6.07, 6.45) is 2.01. The zero-order valence-electron chi connectivity index (χ0n) is 19.4. The van der Waals surface area contributed by atoms with E-state index in [9.17, 15) is 23.1 Å². The zero-order valence-corrected chi connectivity index (χ0v) is 20.9. The Hall–Kier alpha value is -2.20. The second-order valence-corrected chi connectivity index (χ2v) is 11.6. The Morgan fingerprint density at radius 3 is 2.62 bits per heavy atom. The third kappa shape index (κ3) is 4.66. The maximum Gasteiger partial charge on any atom is 0.245 e. The van der Waals surface area contributed by atoms with Crippen LogP contribution in [-0.4, -0.2) is 84.8 Å². The van der Waals surface area contributed by atoms with Crippen molar-refractivity contribution in [1.29, 1.82) is 0 Å². The molecule has 8 nitrogen and oxygen atoms in total. The van der Waals surface area contributed by atoms with E-state index in [4.69, 9.17) is 11.6 Å². The minimum absolute atomic E-state index is 0.0351. The number of likely N-dealkylation sites (N-methyl/N-ethyl adjacent to an activating group) is 1. The molecule has 0 bridgehead atoms. The zero-order chi connectivity index (χ0) is 24.6. The van der Waals surface area contributed by atoms with E-state index in [0.29, 0.717) is 31.1 Å². The number of aliphatic hydroxyl groups excluding tert-OH is 1. The third-order valence-electron chi connectivity index (χ3n) is 7.01. The van der Waals surface area contributed by atoms with Crippen molar-refractivity contribution in [2.24, 2.45) is 5.92 Å². The second-order valence-electron chi connectivity index (χ2n) is 9.16. The number of carbonyl (C=O) groups excluding carboxylic acids is 2. The fraction of sp³-hybridized carbons (Fsp3) is 0.500. The lowest BCUT2D eigenvalue weighted by Crippen LogP contribution is -2.52. The number of amides is 2. The fourth-order valence-corrected chi connectivity index (χ4v) is 6.47. The molecule has 10 heteroatoms. The summed E-state index contributed by atoms with van der Waals surface area (Å²) in [6, 6.07) is 8.46. The van der Waals surface area contributed by atoms with E-state index in [1.165, 1.54) is 18.0 Å². The molecule has 0 saturated carbocycles. The maximum atomic E-state index is 13.3. The van der Waals surface area contributed by atoms with Gasteiger partial charge in [0.05, 0.1) is 4.90 Å². The standard InChI is InChI=1S/C24H30ClN3O5S/c1-16(23(30)27-10-3-4-17(14-27)15-29)28-11-9-22(24(28)31)26(2)34(32,33)21-8-6-18-12-20(25)7-5-19(18)13-21/h5-8,12-13,16-17,22,29H,3-4,9-11,14-15H2,1-2H3/t16-,17?,22+/m1/s1. The summed E-state index contributed by atoms with van der Waals surface area (Å²) in [4.78, 5) is 29.5. The first-order valence-electron chi connectivity index (χ1n) is 11.5. The van der Waals surface area contributed by atoms with Crippen molar-refractivity contribution < 1.29 is 23.1 Å². The molecule has 0 radical (unpaired) electrons. The van der Waals surface area contributed by atoms with Crippen molar-refractivity contribution in [3.63, 3.8) is 0 Å². The van der Waals surface area contributed by atoms with Gasteiger partial charge in [0.25, 0.3) is 0 Å². The number of rotatable bonds is 6. The van der Waals surface area contributed by atoms with Crippen LogP contribution in [0.2, 0.25) is 5.02 Å². The molecular formula is C24H30ClN3O5S. The highest BCUT2D eigenvalue weighted by Gasteiger charge is 2.43. The van der Waals surface area contributed by atoms with Crippen molar-refractivity contribution in [3.8, 4) is 0 Å². The molecule has 0 aliphatic carbocycles. The molecule has 2 aliphatic heterocycles. The smallest absolute Gasteiger partial charge is 0.245 e. The number of fused-ring (bicyclic) bond motifs is 1. The van der Waals surface area contributed by atoms with Gasteiger partial charge in [0.2, 0.25) is 21.8 Å². The first-order chi connectivity index (χ1) is 16.1. The highest BCUT2D eigenvalue weighted by Crippen LogP contribution is 2.28. The molecule has 2 aromatic carbocycles. The first kappa shape index (κ1) is 24.9. The van der Waals surface area contributed by atoms with Gasteiger partial charge in [0.15, 0.2) is 0 Å². The van der Waals surface area contributed by atoms with E-state index < -0.39 is 22.1 Å². The summed E-state index contributed by atoms with van der Waals surface area (Å²) in [5.74, 6) is -0.470. The van der Waals surface area contributed by atoms with Crippen molar-refractivity contribution >= 4 is 44.2 Å². The van der Waals surface area contributed by atoms with E-state index in [2.05, 4.69) is 0 Å². The molecule has 2 amide bonds. The molecule has 2 aliphatic rings. The molecule has 2 heterocycles. The molecule has 0 spiro atoms. The van der Waals surface area contributed by atoms with Crippen LogP contribution in [-0.2, 0) is 19.6 Å². The number of aliphatic hydroxyl groups is 1. The summed E-state index contributed by atoms with van der Waals surface area (Å²) in [7, 11) is -2.51. The van der Waals surface area contributed by atoms with Crippen LogP contribution in [0.5, 0.6) is 0 Å². The average molecular weight is 508 g/mol. The van der Waals surface area contributed by atoms with Gasteiger partial charge in [0.1, 0.15) is 12.1 Å². The van der Waals surface area contributed by atoms with Crippen LogP contribution in [0.3, 0.4) is 0 Å². The van der Waals surface area contributed by atoms with Crippen molar-refractivity contribution in [2.75, 3.05) is 33.3 Å². The van der Waals surface area contributed by atoms with Crippen molar-refractivity contribution in [2.45, 2.75) is 43.2 Å². The molecule has 1 unspecified atom stereocenters. The highest BCUT2D eigenvalue weighted by atomic mass is 35.5. The van der Waals surface area contributed by atoms with Gasteiger partial charge in [-0.2, -0.15) is 4.31 Å². The summed E-state index contributed by atoms with van der Waals surface area (Å²) >= 11 is 6.02. The van der Waals surface area contributed by atoms with Crippen molar-refractivity contribution in [3.05, 3.63) is 41.4 Å². The molecule has 4 rings (SSSR count). The molecular weight excluding hydrogens is 478 g/mol. The third-order valence-corrected chi connectivity index (χ3v) is 9.11. The molecule has 0 aromatic heterocycles. The Morgan fingerprint density at radius 2 is 1.88 bits per heavy atom. The van der Waals surface area contributed by atoms with E-state index >= 15 is 0 Å². The predicted molar refractivity (Wildman–Crippen MR) is 130 cm³/mol. The molecule has 2 aromatic rings. The minimum atomic E-state index is -3.93. The van der Waals surface area contributed by atoms with Gasteiger partial charge in [-0.1, -0.05) is 23.7 Å². The molecule has 2 saturated heterocycles. The number of halogens is 1. The Balaban J connectivity index is 1.49. The Bertz CT molecular complexity index is 1200. The van der Waals surface area contributed by atoms with Crippen LogP contribution < -0.4 is 0 Å². The van der Waals surface area contributed by atoms with Gasteiger partial charge in [-0.3, -0.25) is 9.59 Å². The van der Waals surface area contributed by atoms with Crippen LogP contribution in [0.25, 0.3) is 10.8 Å². The van der Waals surface area contributed by atoms with E-state index in [1.54, 1.807) is 42.2 Å². The Morgan fingerprint density at radius 1 is 1.18 bits per heavy atom. The number of piperidine rings is 1. The Kier molecular flexibility index (Phi) is 7.19. The number of likely N-dealkylation sites (tertiary alicyclic amines) is 2. The van der Waals surface area contributed by atoms with E-state index in [0.717, 1.165) is 27.9 Å². The lowest BCUT2D eigenvalue weighted by atomic mass is 9.98. The van der Waals surface area contributed by atoms with Gasteiger partial charge < -0.3 is 14.9 Å². The van der Waals surface area contributed by atoms with Crippen LogP contribution in [0.15, 0.2) is 41.3 Å². The van der Waals surface area contributed by atoms with Gasteiger partial charge in [-0.15, -0.1) is 0 Å². The summed E-state index contributed by atoms with van der Waals surface area (Å²) in [5, 5.41) is 11.6. The van der Waals surface area contributed by atoms with Gasteiger partial charge in [-0.05, 0) is 67.1 Å². The highest BCUT2D eigenvalue weighted by molar-refractivity contribution is 7.89. The van der Waals surface area contributed by atoms with E-state index in [-0.39, 0.29) is 29.2 Å². The number of hydrogen-bond acceptors (Lipinski definition) is 5. The Labute approximate surface area is 205 Å². The van der Waals surface area contributed by atoms with Crippen LogP contribution in [0, 0.1) is 5.92 Å². The van der Waals surface area contributed by atoms with Crippen molar-refractivity contribution in [1.82, 2.24) is 14.1 Å². The topological polar surface area (TPSA) is 98.2 Å². The fourth-order valence-electron chi connectivity index (χ4n) is 4.91. The first-order valence-corrected chi connectivity index (χ1v) is 13.3. The lowest BCUT2D eigenvalue weighted by Gasteiger charge is -2.36. The molecule has 2 fully saturated rings. The van der Waals surface area contributed by atoms with Crippen LogP contribution >= 0.6 is 11.6 Å². The molecule has 184 valence electrons. The normalized spacial score (nSPS) is 22.6. The number of carbonyl (C=O) groups is 2. The van der Waals surface area contributed by atoms with E-state index in [1.807, 2.05) is 0 Å². The summed E-state index contributed by atoms with van der Waals surface area (Å²) in [5.41, 5.74) is 0. The maximum absolute atomic E-state index is 13.3. The minimum Gasteiger partial charge on any atom is -0.396 e. The lowest BCUT2D eigenvalue weighted by molar-refractivity contribution is -0.145. The summed E-state index contributed by atoms with van der Waals surface area (Å²) in [6.45, 7) is 3.12. The molecule has 1 N–H and O–H groups in total. The number of nitrogens with zero attached hydrogens (tertiary/aromatic N) is 3. The summed E-state index contributed by atoms with van der Waals surface area (Å²) < 4.78 is 27.8. The monoisotopic (exact) mass is 507 g/mol. The second kappa shape index (κ2) is 9.81. The predicted octanol–water partition coefficient (Wildman–Crippen LogP) is 2.33. The molecule has 34 heavy (non-hydrogen) atoms. The van der Waals surface area contributed by atoms with Gasteiger partial charge in [0, 0.05) is 38.3 Å². The SMILES string of the molecule is C[C@H](C(=O)N1CCCC(CO)C1)N1CC[C@H](N(C)S(=O)(=O)c2ccc3cc(Cl)ccc3c2)C1=O. The van der Waals surface area contributed by atoms with Crippen LogP contribution in [0.1, 0.15) is 26.2 Å². The number of sulfonamides is 1. The number of benzene rings is 2. The van der Waals surface area contributed by atoms with Gasteiger partial charge >= 0.3 is 0 Å². The quantitative estimate of drug-likeness (QED) is 0.647. The van der Waals surface area contributed by atoms with Crippen LogP contribution in [0.4, 0.5) is 0 Å².